The highest BCUT2D eigenvalue weighted by Gasteiger charge is 2.22. The fourth-order valence-corrected chi connectivity index (χ4v) is 2.45. The normalized spacial score (nSPS) is 12.1. The van der Waals surface area contributed by atoms with Gasteiger partial charge in [-0.25, -0.2) is 0 Å². The van der Waals surface area contributed by atoms with Gasteiger partial charge >= 0.3 is 0 Å². The highest BCUT2D eigenvalue weighted by Crippen LogP contribution is 2.32. The molecule has 0 aliphatic carbocycles. The van der Waals surface area contributed by atoms with Crippen molar-refractivity contribution in [2.24, 2.45) is 0 Å². The lowest BCUT2D eigenvalue weighted by molar-refractivity contribution is -0.481. The van der Waals surface area contributed by atoms with Crippen molar-refractivity contribution < 1.29 is 10.0 Å². The van der Waals surface area contributed by atoms with E-state index in [-0.39, 0.29) is 17.2 Å². The molecule has 98 valence electrons. The number of nitrogens with zero attached hydrogens (tertiary/aromatic N) is 1. The lowest BCUT2D eigenvalue weighted by atomic mass is 9.91. The van der Waals surface area contributed by atoms with Gasteiger partial charge in [-0.1, -0.05) is 46.3 Å². The molecule has 5 heteroatoms. The van der Waals surface area contributed by atoms with Crippen molar-refractivity contribution in [2.45, 2.75) is 5.92 Å². The molecule has 0 aliphatic heterocycles. The summed E-state index contributed by atoms with van der Waals surface area (Å²) >= 11 is 3.36. The number of aromatic hydroxyl groups is 1. The fraction of sp³-hybridized carbons (Fsp3) is 0.143. The summed E-state index contributed by atoms with van der Waals surface area (Å²) in [7, 11) is 0. The van der Waals surface area contributed by atoms with Gasteiger partial charge in [0.2, 0.25) is 6.54 Å². The van der Waals surface area contributed by atoms with Gasteiger partial charge < -0.3 is 5.11 Å². The predicted octanol–water partition coefficient (Wildman–Crippen LogP) is 3.56. The number of nitro groups is 1. The Labute approximate surface area is 119 Å². The number of phenolic OH excluding ortho intramolecular Hbond substituents is 1. The zero-order valence-electron chi connectivity index (χ0n) is 9.99. The Kier molecular flexibility index (Phi) is 4.16. The molecule has 0 aromatic heterocycles. The number of benzene rings is 2. The van der Waals surface area contributed by atoms with Gasteiger partial charge in [-0.05, 0) is 23.8 Å². The van der Waals surface area contributed by atoms with Gasteiger partial charge in [0.25, 0.3) is 0 Å². The molecule has 1 N–H and O–H groups in total. The van der Waals surface area contributed by atoms with Crippen LogP contribution in [0.15, 0.2) is 53.0 Å². The summed E-state index contributed by atoms with van der Waals surface area (Å²) in [4.78, 5) is 10.5. The van der Waals surface area contributed by atoms with Crippen LogP contribution >= 0.6 is 15.9 Å². The van der Waals surface area contributed by atoms with Crippen LogP contribution in [0, 0.1) is 10.1 Å². The van der Waals surface area contributed by atoms with E-state index in [0.29, 0.717) is 5.56 Å². The Morgan fingerprint density at radius 2 is 1.95 bits per heavy atom. The maximum atomic E-state index is 10.9. The first kappa shape index (κ1) is 13.5. The molecular weight excluding hydrogens is 310 g/mol. The second-order valence-corrected chi connectivity index (χ2v) is 5.10. The van der Waals surface area contributed by atoms with Crippen molar-refractivity contribution in [2.75, 3.05) is 6.54 Å². The average Bonchev–Trinajstić information content (AvgIpc) is 2.37. The van der Waals surface area contributed by atoms with Crippen molar-refractivity contribution in [3.05, 3.63) is 74.2 Å². The molecule has 0 bridgehead atoms. The monoisotopic (exact) mass is 321 g/mol. The molecule has 0 radical (unpaired) electrons. The number of para-hydroxylation sites is 1. The summed E-state index contributed by atoms with van der Waals surface area (Å²) in [5, 5.41) is 20.8. The molecule has 2 aromatic carbocycles. The Hall–Kier alpha value is -1.88. The topological polar surface area (TPSA) is 63.4 Å². The summed E-state index contributed by atoms with van der Waals surface area (Å²) < 4.78 is 0.855. The highest BCUT2D eigenvalue weighted by molar-refractivity contribution is 9.10. The van der Waals surface area contributed by atoms with E-state index in [1.165, 1.54) is 0 Å². The summed E-state index contributed by atoms with van der Waals surface area (Å²) in [6, 6.07) is 14.1. The largest absolute Gasteiger partial charge is 0.508 e. The summed E-state index contributed by atoms with van der Waals surface area (Å²) in [5.41, 5.74) is 1.37. The van der Waals surface area contributed by atoms with Crippen LogP contribution < -0.4 is 0 Å². The molecule has 0 saturated carbocycles. The first-order chi connectivity index (χ1) is 9.08. The van der Waals surface area contributed by atoms with E-state index in [9.17, 15) is 15.2 Å². The lowest BCUT2D eigenvalue weighted by Gasteiger charge is -2.15. The quantitative estimate of drug-likeness (QED) is 0.691. The Balaban J connectivity index is 2.47. The molecule has 1 atom stereocenters. The number of halogens is 1. The van der Waals surface area contributed by atoms with Crippen LogP contribution in [0.1, 0.15) is 17.0 Å². The number of hydrogen-bond donors (Lipinski definition) is 1. The summed E-state index contributed by atoms with van der Waals surface area (Å²) in [6.07, 6.45) is 0. The minimum Gasteiger partial charge on any atom is -0.508 e. The van der Waals surface area contributed by atoms with Gasteiger partial charge in [0, 0.05) is 15.0 Å². The number of phenols is 1. The second kappa shape index (κ2) is 5.84. The third-order valence-corrected chi connectivity index (χ3v) is 3.39. The predicted molar refractivity (Wildman–Crippen MR) is 76.0 cm³/mol. The Morgan fingerprint density at radius 1 is 1.21 bits per heavy atom. The van der Waals surface area contributed by atoms with E-state index in [0.717, 1.165) is 10.0 Å². The van der Waals surface area contributed by atoms with Crippen LogP contribution in [0.4, 0.5) is 0 Å². The molecule has 0 saturated heterocycles. The van der Waals surface area contributed by atoms with Crippen molar-refractivity contribution in [3.63, 3.8) is 0 Å². The van der Waals surface area contributed by atoms with Crippen LogP contribution in [0.25, 0.3) is 0 Å². The van der Waals surface area contributed by atoms with Crippen molar-refractivity contribution >= 4 is 15.9 Å². The van der Waals surface area contributed by atoms with Crippen molar-refractivity contribution in [1.82, 2.24) is 0 Å². The van der Waals surface area contributed by atoms with Crippen LogP contribution in [-0.4, -0.2) is 16.6 Å². The minimum atomic E-state index is -0.464. The van der Waals surface area contributed by atoms with Gasteiger partial charge in [-0.3, -0.25) is 10.1 Å². The molecule has 0 unspecified atom stereocenters. The Bertz CT molecular complexity index is 601. The molecule has 2 aromatic rings. The number of rotatable bonds is 4. The standard InChI is InChI=1S/C14H12BrNO3/c15-11-5-3-4-10(8-11)13(9-16(18)19)12-6-1-2-7-14(12)17/h1-8,13,17H,9H2/t13-/m0/s1. The molecule has 0 heterocycles. The van der Waals surface area contributed by atoms with E-state index < -0.39 is 5.92 Å². The fourth-order valence-electron chi connectivity index (χ4n) is 2.04. The van der Waals surface area contributed by atoms with E-state index in [4.69, 9.17) is 0 Å². The Morgan fingerprint density at radius 3 is 2.58 bits per heavy atom. The first-order valence-electron chi connectivity index (χ1n) is 5.73. The maximum absolute atomic E-state index is 10.9. The molecule has 0 spiro atoms. The zero-order valence-corrected chi connectivity index (χ0v) is 11.6. The third-order valence-electron chi connectivity index (χ3n) is 2.89. The lowest BCUT2D eigenvalue weighted by Crippen LogP contribution is -2.14. The van der Waals surface area contributed by atoms with Crippen molar-refractivity contribution in [1.29, 1.82) is 0 Å². The second-order valence-electron chi connectivity index (χ2n) is 4.18. The molecule has 0 fully saturated rings. The van der Waals surface area contributed by atoms with E-state index in [1.54, 1.807) is 24.3 Å². The van der Waals surface area contributed by atoms with E-state index in [1.807, 2.05) is 24.3 Å². The third kappa shape index (κ3) is 3.32. The van der Waals surface area contributed by atoms with Crippen LogP contribution in [0.2, 0.25) is 0 Å². The molecule has 19 heavy (non-hydrogen) atoms. The zero-order chi connectivity index (χ0) is 13.8. The maximum Gasteiger partial charge on any atom is 0.214 e. The van der Waals surface area contributed by atoms with Gasteiger partial charge in [0.1, 0.15) is 5.75 Å². The van der Waals surface area contributed by atoms with Gasteiger partial charge in [-0.15, -0.1) is 0 Å². The van der Waals surface area contributed by atoms with E-state index >= 15 is 0 Å². The van der Waals surface area contributed by atoms with Crippen LogP contribution in [0.5, 0.6) is 5.75 Å². The molecule has 0 amide bonds. The average molecular weight is 322 g/mol. The van der Waals surface area contributed by atoms with Crippen LogP contribution in [-0.2, 0) is 0 Å². The molecule has 4 nitrogen and oxygen atoms in total. The molecule has 0 aliphatic rings. The number of hydrogen-bond acceptors (Lipinski definition) is 3. The minimum absolute atomic E-state index is 0.0781. The summed E-state index contributed by atoms with van der Waals surface area (Å²) in [6.45, 7) is -0.256. The SMILES string of the molecule is O=[N+]([O-])C[C@@H](c1cccc(Br)c1)c1ccccc1O. The van der Waals surface area contributed by atoms with Gasteiger partial charge in [-0.2, -0.15) is 0 Å². The molecular formula is C14H12BrNO3. The van der Waals surface area contributed by atoms with Crippen LogP contribution in [0.3, 0.4) is 0 Å². The van der Waals surface area contributed by atoms with E-state index in [2.05, 4.69) is 15.9 Å². The van der Waals surface area contributed by atoms with Gasteiger partial charge in [0.05, 0.1) is 5.92 Å². The smallest absolute Gasteiger partial charge is 0.214 e. The van der Waals surface area contributed by atoms with Crippen molar-refractivity contribution in [3.8, 4) is 5.75 Å². The highest BCUT2D eigenvalue weighted by atomic mass is 79.9. The van der Waals surface area contributed by atoms with Gasteiger partial charge in [0.15, 0.2) is 0 Å². The summed E-state index contributed by atoms with van der Waals surface area (Å²) in [5.74, 6) is -0.386. The molecule has 2 rings (SSSR count). The first-order valence-corrected chi connectivity index (χ1v) is 6.52.